The molecule has 19 heavy (non-hydrogen) atoms. The van der Waals surface area contributed by atoms with Crippen LogP contribution in [0, 0.1) is 0 Å². The number of rotatable bonds is 5. The number of hydrogen-bond acceptors (Lipinski definition) is 4. The molecule has 0 aromatic heterocycles. The average molecular weight is 265 g/mol. The van der Waals surface area contributed by atoms with Crippen LogP contribution in [0.1, 0.15) is 24.5 Å². The highest BCUT2D eigenvalue weighted by Gasteiger charge is 2.22. The first kappa shape index (κ1) is 14.3. The van der Waals surface area contributed by atoms with Gasteiger partial charge in [-0.2, -0.15) is 0 Å². The van der Waals surface area contributed by atoms with E-state index < -0.39 is 6.10 Å². The first-order valence-electron chi connectivity index (χ1n) is 6.81. The maximum Gasteiger partial charge on any atom is 0.124 e. The third-order valence-corrected chi connectivity index (χ3v) is 3.77. The Morgan fingerprint density at radius 3 is 2.74 bits per heavy atom. The van der Waals surface area contributed by atoms with E-state index >= 15 is 0 Å². The number of aliphatic hydroxyl groups is 1. The van der Waals surface area contributed by atoms with Crippen LogP contribution in [0.3, 0.4) is 0 Å². The van der Waals surface area contributed by atoms with E-state index in [9.17, 15) is 5.11 Å². The fourth-order valence-electron chi connectivity index (χ4n) is 2.59. The molecule has 0 radical (unpaired) electrons. The molecular formula is C15H23NO3. The Hall–Kier alpha value is -1.10. The quantitative estimate of drug-likeness (QED) is 0.882. The van der Waals surface area contributed by atoms with E-state index in [4.69, 9.17) is 9.47 Å². The molecule has 106 valence electrons. The van der Waals surface area contributed by atoms with Gasteiger partial charge in [-0.05, 0) is 26.0 Å². The monoisotopic (exact) mass is 265 g/mol. The van der Waals surface area contributed by atoms with Crippen LogP contribution in [0.2, 0.25) is 0 Å². The van der Waals surface area contributed by atoms with Gasteiger partial charge in [-0.15, -0.1) is 0 Å². The van der Waals surface area contributed by atoms with Gasteiger partial charge in [0.15, 0.2) is 0 Å². The lowest BCUT2D eigenvalue weighted by Gasteiger charge is -2.32. The molecule has 1 aliphatic rings. The van der Waals surface area contributed by atoms with Crippen LogP contribution >= 0.6 is 0 Å². The zero-order chi connectivity index (χ0) is 13.7. The summed E-state index contributed by atoms with van der Waals surface area (Å²) in [5.74, 6) is 0.746. The van der Waals surface area contributed by atoms with Crippen LogP contribution < -0.4 is 4.74 Å². The van der Waals surface area contributed by atoms with Crippen molar-refractivity contribution in [3.63, 3.8) is 0 Å². The lowest BCUT2D eigenvalue weighted by Crippen LogP contribution is -2.39. The molecular weight excluding hydrogens is 242 g/mol. The number of aliphatic hydroxyl groups excluding tert-OH is 1. The van der Waals surface area contributed by atoms with Crippen molar-refractivity contribution < 1.29 is 14.6 Å². The summed E-state index contributed by atoms with van der Waals surface area (Å²) in [6.07, 6.45) is 1.55. The van der Waals surface area contributed by atoms with Crippen LogP contribution in [0.25, 0.3) is 0 Å². The van der Waals surface area contributed by atoms with E-state index in [2.05, 4.69) is 11.9 Å². The third-order valence-electron chi connectivity index (χ3n) is 3.77. The maximum atomic E-state index is 10.4. The summed E-state index contributed by atoms with van der Waals surface area (Å²) < 4.78 is 10.7. The molecule has 0 saturated carbocycles. The summed E-state index contributed by atoms with van der Waals surface area (Å²) in [4.78, 5) is 2.22. The lowest BCUT2D eigenvalue weighted by atomic mass is 10.0. The Morgan fingerprint density at radius 2 is 2.05 bits per heavy atom. The van der Waals surface area contributed by atoms with Crippen LogP contribution in [0.4, 0.5) is 0 Å². The molecule has 1 aromatic rings. The first-order chi connectivity index (χ1) is 9.22. The minimum absolute atomic E-state index is 0.498. The summed E-state index contributed by atoms with van der Waals surface area (Å²) >= 11 is 0. The number of para-hydroxylation sites is 1. The smallest absolute Gasteiger partial charge is 0.124 e. The van der Waals surface area contributed by atoms with Gasteiger partial charge in [-0.3, -0.25) is 0 Å². The van der Waals surface area contributed by atoms with Gasteiger partial charge in [-0.25, -0.2) is 0 Å². The van der Waals surface area contributed by atoms with Crippen molar-refractivity contribution >= 4 is 0 Å². The number of likely N-dealkylation sites (N-methyl/N-ethyl adjacent to an activating group) is 1. The van der Waals surface area contributed by atoms with Crippen molar-refractivity contribution in [2.45, 2.75) is 25.0 Å². The van der Waals surface area contributed by atoms with E-state index in [1.165, 1.54) is 0 Å². The largest absolute Gasteiger partial charge is 0.496 e. The number of ether oxygens (including phenoxy) is 2. The van der Waals surface area contributed by atoms with Gasteiger partial charge < -0.3 is 19.5 Å². The topological polar surface area (TPSA) is 41.9 Å². The SMILES string of the molecule is COc1ccccc1C(O)CN(C)C1CCOCC1. The number of benzene rings is 1. The molecule has 1 N–H and O–H groups in total. The predicted octanol–water partition coefficient (Wildman–Crippen LogP) is 1.84. The molecule has 4 heteroatoms. The second kappa shape index (κ2) is 6.89. The Kier molecular flexibility index (Phi) is 5.19. The normalized spacial score (nSPS) is 18.5. The third kappa shape index (κ3) is 3.69. The van der Waals surface area contributed by atoms with E-state index in [-0.39, 0.29) is 0 Å². The molecule has 1 aliphatic heterocycles. The lowest BCUT2D eigenvalue weighted by molar-refractivity contribution is 0.0249. The van der Waals surface area contributed by atoms with Gasteiger partial charge >= 0.3 is 0 Å². The van der Waals surface area contributed by atoms with E-state index in [1.807, 2.05) is 24.3 Å². The Balaban J connectivity index is 1.97. The van der Waals surface area contributed by atoms with Crippen molar-refractivity contribution in [1.82, 2.24) is 4.90 Å². The van der Waals surface area contributed by atoms with Crippen LogP contribution in [-0.4, -0.2) is 50.0 Å². The number of hydrogen-bond donors (Lipinski definition) is 1. The van der Waals surface area contributed by atoms with Gasteiger partial charge in [0.05, 0.1) is 13.2 Å². The maximum absolute atomic E-state index is 10.4. The summed E-state index contributed by atoms with van der Waals surface area (Å²) in [5, 5.41) is 10.4. The summed E-state index contributed by atoms with van der Waals surface area (Å²) in [5.41, 5.74) is 0.851. The highest BCUT2D eigenvalue weighted by atomic mass is 16.5. The minimum Gasteiger partial charge on any atom is -0.496 e. The fraction of sp³-hybridized carbons (Fsp3) is 0.600. The zero-order valence-corrected chi connectivity index (χ0v) is 11.7. The Bertz CT molecular complexity index is 391. The zero-order valence-electron chi connectivity index (χ0n) is 11.7. The molecule has 0 amide bonds. The van der Waals surface area contributed by atoms with Gasteiger partial charge in [0.1, 0.15) is 5.75 Å². The molecule has 2 rings (SSSR count). The molecule has 1 unspecified atom stereocenters. The summed E-state index contributed by atoms with van der Waals surface area (Å²) in [6, 6.07) is 8.14. The van der Waals surface area contributed by atoms with E-state index in [0.717, 1.165) is 37.4 Å². The molecule has 0 bridgehead atoms. The first-order valence-corrected chi connectivity index (χ1v) is 6.81. The number of methoxy groups -OCH3 is 1. The summed E-state index contributed by atoms with van der Waals surface area (Å²) in [7, 11) is 3.70. The Morgan fingerprint density at radius 1 is 1.37 bits per heavy atom. The van der Waals surface area contributed by atoms with Crippen LogP contribution in [0.15, 0.2) is 24.3 Å². The second-order valence-corrected chi connectivity index (χ2v) is 5.04. The van der Waals surface area contributed by atoms with Crippen molar-refractivity contribution in [1.29, 1.82) is 0 Å². The van der Waals surface area contributed by atoms with Crippen LogP contribution in [-0.2, 0) is 4.74 Å². The molecule has 1 fully saturated rings. The summed E-state index contributed by atoms with van der Waals surface area (Å²) in [6.45, 7) is 2.25. The van der Waals surface area contributed by atoms with Gasteiger partial charge in [0.25, 0.3) is 0 Å². The molecule has 1 heterocycles. The molecule has 0 aliphatic carbocycles. The molecule has 1 aromatic carbocycles. The minimum atomic E-state index is -0.524. The molecule has 1 atom stereocenters. The molecule has 0 spiro atoms. The fourth-order valence-corrected chi connectivity index (χ4v) is 2.59. The highest BCUT2D eigenvalue weighted by Crippen LogP contribution is 2.26. The van der Waals surface area contributed by atoms with Gasteiger partial charge in [-0.1, -0.05) is 18.2 Å². The number of nitrogens with zero attached hydrogens (tertiary/aromatic N) is 1. The van der Waals surface area contributed by atoms with Crippen molar-refractivity contribution in [2.24, 2.45) is 0 Å². The second-order valence-electron chi connectivity index (χ2n) is 5.04. The van der Waals surface area contributed by atoms with Crippen molar-refractivity contribution in [2.75, 3.05) is 33.9 Å². The average Bonchev–Trinajstić information content (AvgIpc) is 2.48. The predicted molar refractivity (Wildman–Crippen MR) is 74.4 cm³/mol. The van der Waals surface area contributed by atoms with E-state index in [1.54, 1.807) is 7.11 Å². The standard InChI is InChI=1S/C15H23NO3/c1-16(12-7-9-19-10-8-12)11-14(17)13-5-3-4-6-15(13)18-2/h3-6,12,14,17H,7-11H2,1-2H3. The van der Waals surface area contributed by atoms with Crippen LogP contribution in [0.5, 0.6) is 5.75 Å². The Labute approximate surface area is 114 Å². The van der Waals surface area contributed by atoms with Crippen molar-refractivity contribution in [3.05, 3.63) is 29.8 Å². The highest BCUT2D eigenvalue weighted by molar-refractivity contribution is 5.35. The van der Waals surface area contributed by atoms with Gasteiger partial charge in [0, 0.05) is 31.4 Å². The van der Waals surface area contributed by atoms with Crippen molar-refractivity contribution in [3.8, 4) is 5.75 Å². The van der Waals surface area contributed by atoms with E-state index in [0.29, 0.717) is 12.6 Å². The molecule has 4 nitrogen and oxygen atoms in total. The van der Waals surface area contributed by atoms with Gasteiger partial charge in [0.2, 0.25) is 0 Å². The molecule has 1 saturated heterocycles.